The summed E-state index contributed by atoms with van der Waals surface area (Å²) < 4.78 is 6.04. The second kappa shape index (κ2) is 1.78. The van der Waals surface area contributed by atoms with Gasteiger partial charge in [-0.1, -0.05) is 23.2 Å². The normalized spacial score (nSPS) is 81.0. The van der Waals surface area contributed by atoms with Crippen LogP contribution in [-0.2, 0) is 4.74 Å². The Morgan fingerprint density at radius 3 is 1.86 bits per heavy atom. The Kier molecular flexibility index (Phi) is 0.989. The molecule has 76 valence electrons. The molecule has 0 radical (unpaired) electrons. The van der Waals surface area contributed by atoms with Crippen LogP contribution in [0.1, 0.15) is 19.3 Å². The molecule has 4 aliphatic carbocycles. The highest BCUT2D eigenvalue weighted by atomic mass is 35.5. The Morgan fingerprint density at radius 2 is 1.36 bits per heavy atom. The van der Waals surface area contributed by atoms with Gasteiger partial charge in [-0.25, -0.2) is 0 Å². The first-order chi connectivity index (χ1) is 6.62. The Hall–Kier alpha value is 0.540. The van der Waals surface area contributed by atoms with E-state index in [1.54, 1.807) is 0 Å². The summed E-state index contributed by atoms with van der Waals surface area (Å²) in [6.45, 7) is 0. The molecule has 5 aliphatic rings. The molecule has 0 unspecified atom stereocenters. The lowest BCUT2D eigenvalue weighted by Gasteiger charge is -2.24. The molecule has 5 fully saturated rings. The zero-order valence-corrected chi connectivity index (χ0v) is 9.26. The average Bonchev–Trinajstić information content (AvgIpc) is 2.69. The summed E-state index contributed by atoms with van der Waals surface area (Å²) in [4.78, 5) is 0. The van der Waals surface area contributed by atoms with E-state index in [4.69, 9.17) is 27.9 Å². The number of fused-ring (bicyclic) bond motifs is 1. The number of alkyl halides is 2. The van der Waals surface area contributed by atoms with Crippen LogP contribution in [0, 0.1) is 35.5 Å². The molecule has 3 heteroatoms. The zero-order chi connectivity index (χ0) is 9.29. The van der Waals surface area contributed by atoms with Crippen molar-refractivity contribution in [1.29, 1.82) is 0 Å². The van der Waals surface area contributed by atoms with Crippen molar-refractivity contribution in [3.63, 3.8) is 0 Å². The van der Waals surface area contributed by atoms with Crippen LogP contribution in [0.5, 0.6) is 0 Å². The minimum absolute atomic E-state index is 0.359. The minimum atomic E-state index is -0.359. The molecule has 1 nitrogen and oxygen atoms in total. The van der Waals surface area contributed by atoms with E-state index in [1.807, 2.05) is 0 Å². The highest BCUT2D eigenvalue weighted by Crippen LogP contribution is 2.82. The smallest absolute Gasteiger partial charge is 0.147 e. The fraction of sp³-hybridized carbons (Fsp3) is 1.00. The molecular weight excluding hydrogens is 219 g/mol. The number of hydrogen-bond acceptors (Lipinski definition) is 1. The first-order valence-corrected chi connectivity index (χ1v) is 6.46. The topological polar surface area (TPSA) is 9.23 Å². The van der Waals surface area contributed by atoms with E-state index in [1.165, 1.54) is 6.42 Å². The van der Waals surface area contributed by atoms with Gasteiger partial charge in [-0.05, 0) is 42.9 Å². The second-order valence-electron chi connectivity index (χ2n) is 6.03. The molecule has 0 aromatic carbocycles. The third kappa shape index (κ3) is 0.522. The molecule has 0 aromatic rings. The Morgan fingerprint density at radius 1 is 0.857 bits per heavy atom. The lowest BCUT2D eigenvalue weighted by molar-refractivity contribution is -0.0159. The third-order valence-electron chi connectivity index (χ3n) is 5.87. The van der Waals surface area contributed by atoms with Crippen molar-refractivity contribution in [2.24, 2.45) is 35.5 Å². The van der Waals surface area contributed by atoms with Gasteiger partial charge in [0.25, 0.3) is 0 Å². The van der Waals surface area contributed by atoms with E-state index in [2.05, 4.69) is 0 Å². The summed E-state index contributed by atoms with van der Waals surface area (Å²) in [5, 5.41) is -0.719. The molecule has 1 saturated heterocycles. The van der Waals surface area contributed by atoms with Crippen molar-refractivity contribution in [3.05, 3.63) is 0 Å². The Labute approximate surface area is 93.1 Å². The van der Waals surface area contributed by atoms with Gasteiger partial charge in [0.1, 0.15) is 10.1 Å². The predicted molar refractivity (Wildman–Crippen MR) is 53.0 cm³/mol. The van der Waals surface area contributed by atoms with Crippen LogP contribution in [0.3, 0.4) is 0 Å². The SMILES string of the molecule is Cl[C@]12C[C@@H]3[C@@H]4C[C@](Cl)(O1)[C@H]1[C@H]4C[C@H]3[C@@H]12. The molecule has 2 bridgehead atoms. The van der Waals surface area contributed by atoms with Gasteiger partial charge in [-0.15, -0.1) is 0 Å². The molecule has 4 saturated carbocycles. The van der Waals surface area contributed by atoms with Crippen molar-refractivity contribution in [2.45, 2.75) is 29.4 Å². The third-order valence-corrected chi connectivity index (χ3v) is 6.83. The maximum absolute atomic E-state index is 6.62. The van der Waals surface area contributed by atoms with Gasteiger partial charge in [0, 0.05) is 11.8 Å². The van der Waals surface area contributed by atoms with E-state index >= 15 is 0 Å². The van der Waals surface area contributed by atoms with Gasteiger partial charge in [0.15, 0.2) is 0 Å². The van der Waals surface area contributed by atoms with Crippen LogP contribution in [0.4, 0.5) is 0 Å². The van der Waals surface area contributed by atoms with E-state index in [9.17, 15) is 0 Å². The lowest BCUT2D eigenvalue weighted by atomic mass is 9.80. The molecule has 1 aliphatic heterocycles. The van der Waals surface area contributed by atoms with Gasteiger partial charge in [0.2, 0.25) is 0 Å². The maximum atomic E-state index is 6.62. The van der Waals surface area contributed by atoms with Crippen molar-refractivity contribution in [2.75, 3.05) is 0 Å². The van der Waals surface area contributed by atoms with Gasteiger partial charge in [0.05, 0.1) is 0 Å². The summed E-state index contributed by atoms with van der Waals surface area (Å²) in [5.74, 6) is 4.60. The average molecular weight is 231 g/mol. The molecular formula is C11H12Cl2O. The summed E-state index contributed by atoms with van der Waals surface area (Å²) in [6.07, 6.45) is 3.56. The molecule has 5 rings (SSSR count). The van der Waals surface area contributed by atoms with E-state index in [0.29, 0.717) is 11.8 Å². The molecule has 0 amide bonds. The minimum Gasteiger partial charge on any atom is -0.337 e. The largest absolute Gasteiger partial charge is 0.337 e. The lowest BCUT2D eigenvalue weighted by Crippen LogP contribution is -2.27. The fourth-order valence-electron chi connectivity index (χ4n) is 5.85. The zero-order valence-electron chi connectivity index (χ0n) is 7.75. The van der Waals surface area contributed by atoms with Gasteiger partial charge >= 0.3 is 0 Å². The molecule has 0 N–H and O–H groups in total. The summed E-state index contributed by atoms with van der Waals surface area (Å²) in [7, 11) is 0. The van der Waals surface area contributed by atoms with E-state index in [-0.39, 0.29) is 10.1 Å². The van der Waals surface area contributed by atoms with Crippen molar-refractivity contribution in [3.8, 4) is 0 Å². The monoisotopic (exact) mass is 230 g/mol. The number of rotatable bonds is 0. The maximum Gasteiger partial charge on any atom is 0.147 e. The molecule has 14 heavy (non-hydrogen) atoms. The van der Waals surface area contributed by atoms with Crippen LogP contribution in [0.2, 0.25) is 0 Å². The summed E-state index contributed by atoms with van der Waals surface area (Å²) >= 11 is 13.2. The van der Waals surface area contributed by atoms with Crippen LogP contribution >= 0.6 is 23.2 Å². The second-order valence-corrected chi connectivity index (χ2v) is 7.30. The first kappa shape index (κ1) is 7.76. The first-order valence-electron chi connectivity index (χ1n) is 5.70. The van der Waals surface area contributed by atoms with Gasteiger partial charge in [-0.2, -0.15) is 0 Å². The Bertz CT molecular complexity index is 323. The van der Waals surface area contributed by atoms with Crippen LogP contribution in [0.25, 0.3) is 0 Å². The van der Waals surface area contributed by atoms with Crippen molar-refractivity contribution < 1.29 is 4.74 Å². The van der Waals surface area contributed by atoms with Gasteiger partial charge in [-0.3, -0.25) is 0 Å². The Balaban J connectivity index is 1.86. The number of hydrogen-bond donors (Lipinski definition) is 0. The summed E-state index contributed by atoms with van der Waals surface area (Å²) in [5.41, 5.74) is 0. The molecule has 8 atom stereocenters. The molecule has 0 spiro atoms. The fourth-order valence-corrected chi connectivity index (χ4v) is 7.12. The van der Waals surface area contributed by atoms with E-state index < -0.39 is 0 Å². The number of halogens is 2. The summed E-state index contributed by atoms with van der Waals surface area (Å²) in [6, 6.07) is 0. The van der Waals surface area contributed by atoms with Gasteiger partial charge < -0.3 is 4.74 Å². The standard InChI is InChI=1S/C11H12Cl2O/c12-10-2-6-4-1-5-7(6)3-11(13,14-10)9(5)8(4)10/h4-9H,1-3H2/t4-,5+,6+,7-,8-,9-,10-,11+/m0/s1. The molecule has 1 heterocycles. The van der Waals surface area contributed by atoms with E-state index in [0.717, 1.165) is 36.5 Å². The highest BCUT2D eigenvalue weighted by molar-refractivity contribution is 6.27. The van der Waals surface area contributed by atoms with Crippen molar-refractivity contribution in [1.82, 2.24) is 0 Å². The quantitative estimate of drug-likeness (QED) is 0.582. The van der Waals surface area contributed by atoms with Crippen LogP contribution < -0.4 is 0 Å². The predicted octanol–water partition coefficient (Wildman–Crippen LogP) is 2.81. The molecule has 0 aromatic heterocycles. The number of ether oxygens (including phenoxy) is 1. The van der Waals surface area contributed by atoms with Crippen LogP contribution in [-0.4, -0.2) is 10.1 Å². The van der Waals surface area contributed by atoms with Crippen molar-refractivity contribution >= 4 is 23.2 Å². The highest BCUT2D eigenvalue weighted by Gasteiger charge is 2.82. The van der Waals surface area contributed by atoms with Crippen LogP contribution in [0.15, 0.2) is 0 Å².